The summed E-state index contributed by atoms with van der Waals surface area (Å²) in [7, 11) is 0. The molecule has 1 aliphatic carbocycles. The maximum absolute atomic E-state index is 16.0. The molecule has 0 amide bonds. The largest absolute Gasteiger partial charge is 0.492 e. The Morgan fingerprint density at radius 2 is 1.85 bits per heavy atom. The molecule has 1 unspecified atom stereocenters. The first-order chi connectivity index (χ1) is 25.5. The van der Waals surface area contributed by atoms with E-state index in [4.69, 9.17) is 37.4 Å². The Morgan fingerprint density at radius 1 is 1.08 bits per heavy atom. The zero-order valence-corrected chi connectivity index (χ0v) is 30.3. The molecule has 10 nitrogen and oxygen atoms in total. The van der Waals surface area contributed by atoms with E-state index in [-0.39, 0.29) is 36.1 Å². The molecular formula is C39H38Cl2F2N4O6. The van der Waals surface area contributed by atoms with Gasteiger partial charge in [-0.3, -0.25) is 20.0 Å². The van der Waals surface area contributed by atoms with Crippen LogP contribution in [0.3, 0.4) is 0 Å². The van der Waals surface area contributed by atoms with E-state index in [0.717, 1.165) is 24.1 Å². The molecule has 14 heteroatoms. The lowest BCUT2D eigenvalue weighted by Crippen LogP contribution is -2.52. The summed E-state index contributed by atoms with van der Waals surface area (Å²) in [5, 5.41) is 32.1. The number of likely N-dealkylation sites (tertiary alicyclic amines) is 1. The van der Waals surface area contributed by atoms with E-state index in [9.17, 15) is 24.7 Å². The molecule has 1 fully saturated rings. The number of carboxylic acid groups (broad SMARTS) is 1. The van der Waals surface area contributed by atoms with Gasteiger partial charge in [0.1, 0.15) is 47.8 Å². The van der Waals surface area contributed by atoms with E-state index in [0.29, 0.717) is 58.3 Å². The van der Waals surface area contributed by atoms with Crippen LogP contribution >= 0.6 is 23.2 Å². The molecule has 0 saturated carbocycles. The summed E-state index contributed by atoms with van der Waals surface area (Å²) in [5.41, 5.74) is 2.54. The number of nitriles is 1. The number of alkyl halides is 2. The predicted octanol–water partition coefficient (Wildman–Crippen LogP) is 6.87. The third-order valence-corrected chi connectivity index (χ3v) is 10.1. The summed E-state index contributed by atoms with van der Waals surface area (Å²) in [6, 6.07) is 17.7. The molecule has 2 heterocycles. The molecule has 4 aromatic rings. The summed E-state index contributed by atoms with van der Waals surface area (Å²) in [5.74, 6) is -0.356. The maximum atomic E-state index is 16.0. The van der Waals surface area contributed by atoms with Crippen LogP contribution in [-0.2, 0) is 24.4 Å². The van der Waals surface area contributed by atoms with E-state index in [2.05, 4.69) is 10.3 Å². The Morgan fingerprint density at radius 3 is 2.58 bits per heavy atom. The van der Waals surface area contributed by atoms with Crippen LogP contribution in [0.1, 0.15) is 47.3 Å². The fourth-order valence-electron chi connectivity index (χ4n) is 6.33. The highest BCUT2D eigenvalue weighted by atomic mass is 35.5. The van der Waals surface area contributed by atoms with Crippen molar-refractivity contribution in [2.24, 2.45) is 0 Å². The molecule has 6 rings (SSSR count). The minimum Gasteiger partial charge on any atom is -0.492 e. The summed E-state index contributed by atoms with van der Waals surface area (Å²) in [4.78, 5) is 17.9. The first kappa shape index (κ1) is 38.2. The summed E-state index contributed by atoms with van der Waals surface area (Å²) in [6.07, 6.45) is 0.544. The molecule has 3 aromatic carbocycles. The second kappa shape index (κ2) is 16.7. The summed E-state index contributed by atoms with van der Waals surface area (Å²) >= 11 is 13.6. The molecule has 2 aliphatic rings. The van der Waals surface area contributed by atoms with Gasteiger partial charge >= 0.3 is 5.97 Å². The molecule has 53 heavy (non-hydrogen) atoms. The van der Waals surface area contributed by atoms with Gasteiger partial charge in [0.25, 0.3) is 0 Å². The van der Waals surface area contributed by atoms with Crippen LogP contribution in [0, 0.1) is 11.3 Å². The molecule has 1 saturated heterocycles. The second-order valence-electron chi connectivity index (χ2n) is 13.3. The van der Waals surface area contributed by atoms with Crippen LogP contribution in [-0.4, -0.2) is 76.8 Å². The average molecular weight is 768 g/mol. The number of nitrogens with zero attached hydrogens (tertiary/aromatic N) is 3. The average Bonchev–Trinajstić information content (AvgIpc) is 3.46. The van der Waals surface area contributed by atoms with Crippen molar-refractivity contribution >= 4 is 29.2 Å². The van der Waals surface area contributed by atoms with Crippen molar-refractivity contribution < 1.29 is 38.0 Å². The van der Waals surface area contributed by atoms with Gasteiger partial charge in [-0.2, -0.15) is 5.26 Å². The first-order valence-corrected chi connectivity index (χ1v) is 17.8. The Kier molecular flexibility index (Phi) is 12.0. The number of hydrogen-bond donors (Lipinski definition) is 3. The van der Waals surface area contributed by atoms with Crippen molar-refractivity contribution in [3.8, 4) is 34.4 Å². The fourth-order valence-corrected chi connectivity index (χ4v) is 6.84. The molecule has 0 bridgehead atoms. The van der Waals surface area contributed by atoms with Gasteiger partial charge in [-0.25, -0.2) is 8.78 Å². The van der Waals surface area contributed by atoms with Crippen LogP contribution < -0.4 is 19.5 Å². The number of rotatable bonds is 16. The lowest BCUT2D eigenvalue weighted by molar-refractivity contribution is -0.145. The quantitative estimate of drug-likeness (QED) is 0.104. The zero-order chi connectivity index (χ0) is 37.7. The van der Waals surface area contributed by atoms with Crippen LogP contribution in [0.15, 0.2) is 67.0 Å². The second-order valence-corrected chi connectivity index (χ2v) is 14.1. The van der Waals surface area contributed by atoms with Crippen molar-refractivity contribution in [3.63, 3.8) is 0 Å². The molecule has 3 N–H and O–H groups in total. The van der Waals surface area contributed by atoms with Gasteiger partial charge in [-0.1, -0.05) is 53.5 Å². The number of aliphatic hydroxyl groups excluding tert-OH is 1. The number of aliphatic hydroxyl groups is 1. The van der Waals surface area contributed by atoms with Crippen molar-refractivity contribution in [1.82, 2.24) is 15.2 Å². The third kappa shape index (κ3) is 8.67. The smallest absolute Gasteiger partial charge is 0.326 e. The fraction of sp³-hybridized carbons (Fsp3) is 0.359. The van der Waals surface area contributed by atoms with Crippen LogP contribution in [0.4, 0.5) is 8.78 Å². The van der Waals surface area contributed by atoms with Gasteiger partial charge in [-0.15, -0.1) is 0 Å². The zero-order valence-electron chi connectivity index (χ0n) is 28.8. The van der Waals surface area contributed by atoms with Crippen molar-refractivity contribution in [2.75, 3.05) is 32.8 Å². The van der Waals surface area contributed by atoms with Crippen LogP contribution in [0.25, 0.3) is 11.1 Å². The van der Waals surface area contributed by atoms with Crippen molar-refractivity contribution in [3.05, 3.63) is 105 Å². The van der Waals surface area contributed by atoms with E-state index >= 15 is 4.39 Å². The highest BCUT2D eigenvalue weighted by Gasteiger charge is 2.37. The normalized spacial score (nSPS) is 18.1. The summed E-state index contributed by atoms with van der Waals surface area (Å²) in [6.45, 7) is 2.67. The Bertz CT molecular complexity index is 2010. The van der Waals surface area contributed by atoms with Gasteiger partial charge in [0.05, 0.1) is 28.8 Å². The minimum absolute atomic E-state index is 0.00427. The van der Waals surface area contributed by atoms with Crippen molar-refractivity contribution in [2.45, 2.75) is 56.9 Å². The number of aromatic nitrogens is 1. The number of halogens is 4. The number of aliphatic carboxylic acids is 1. The number of carboxylic acids is 1. The van der Waals surface area contributed by atoms with E-state index in [1.807, 2.05) is 35.2 Å². The first-order valence-electron chi connectivity index (χ1n) is 17.1. The number of fused-ring (bicyclic) bond motifs is 1. The SMILES string of the molecule is CC(CO)(NCc1cc(Cl)c(O[C@@H]2c3cccc(-c4cccc(OCCCN5CC(F)C5)c4Cl)c3C[C@@H]2F)cc1OCc1cncc(C#N)c1)C(=O)O. The Balaban J connectivity index is 1.24. The maximum Gasteiger partial charge on any atom is 0.326 e. The summed E-state index contributed by atoms with van der Waals surface area (Å²) < 4.78 is 47.5. The third-order valence-electron chi connectivity index (χ3n) is 9.43. The van der Waals surface area contributed by atoms with E-state index in [1.165, 1.54) is 25.3 Å². The molecule has 0 radical (unpaired) electrons. The highest BCUT2D eigenvalue weighted by molar-refractivity contribution is 6.35. The number of pyridine rings is 1. The number of carbonyl (C=O) groups is 1. The van der Waals surface area contributed by atoms with Crippen molar-refractivity contribution in [1.29, 1.82) is 5.26 Å². The molecule has 1 aliphatic heterocycles. The number of hydrogen-bond acceptors (Lipinski definition) is 9. The van der Waals surface area contributed by atoms with E-state index < -0.39 is 36.6 Å². The number of nitrogens with one attached hydrogen (secondary N) is 1. The van der Waals surface area contributed by atoms with Crippen LogP contribution in [0.5, 0.6) is 17.2 Å². The highest BCUT2D eigenvalue weighted by Crippen LogP contribution is 2.46. The van der Waals surface area contributed by atoms with Gasteiger partial charge in [0, 0.05) is 67.8 Å². The molecule has 1 aromatic heterocycles. The Hall–Kier alpha value is -4.51. The number of benzene rings is 3. The predicted molar refractivity (Wildman–Crippen MR) is 195 cm³/mol. The molecule has 278 valence electrons. The van der Waals surface area contributed by atoms with Gasteiger partial charge < -0.3 is 24.4 Å². The van der Waals surface area contributed by atoms with Crippen LogP contribution in [0.2, 0.25) is 10.0 Å². The molecular weight excluding hydrogens is 729 g/mol. The lowest BCUT2D eigenvalue weighted by atomic mass is 9.96. The lowest BCUT2D eigenvalue weighted by Gasteiger charge is -2.34. The topological polar surface area (TPSA) is 137 Å². The van der Waals surface area contributed by atoms with Gasteiger partial charge in [-0.05, 0) is 48.2 Å². The minimum atomic E-state index is -1.65. The molecule has 3 atom stereocenters. The van der Waals surface area contributed by atoms with E-state index in [1.54, 1.807) is 24.4 Å². The Labute approximate surface area is 315 Å². The molecule has 0 spiro atoms. The number of ether oxygens (including phenoxy) is 3. The standard InChI is InChI=1S/C39H38Cl2F2N4O6/c1-39(22-48,38(49)50)46-18-25-12-31(40)35(14-34(25)52-21-24-11-23(15-44)16-45-17-24)53-37-29-7-2-5-27(30(29)13-32(37)43)28-6-3-8-33(36(28)41)51-10-4-9-47-19-26(42)20-47/h2-3,5-8,11-12,14,16-17,26,32,37,46,48H,4,9-10,13,18-22H2,1H3,(H,49,50)/t32-,37+,39?/m0/s1. The van der Waals surface area contributed by atoms with Gasteiger partial charge in [0.2, 0.25) is 0 Å². The monoisotopic (exact) mass is 766 g/mol. The van der Waals surface area contributed by atoms with Gasteiger partial charge in [0.15, 0.2) is 6.10 Å².